The molecular formula is C13H19O5P. The van der Waals surface area contributed by atoms with E-state index in [0.29, 0.717) is 5.75 Å². The van der Waals surface area contributed by atoms with Gasteiger partial charge >= 0.3 is 7.60 Å². The van der Waals surface area contributed by atoms with E-state index >= 15 is 0 Å². The van der Waals surface area contributed by atoms with E-state index in [9.17, 15) is 19.1 Å². The minimum absolute atomic E-state index is 0.0741. The highest BCUT2D eigenvalue weighted by atomic mass is 31.2. The van der Waals surface area contributed by atoms with Gasteiger partial charge in [0.25, 0.3) is 0 Å². The zero-order chi connectivity index (χ0) is 14.7. The van der Waals surface area contributed by atoms with Crippen molar-refractivity contribution in [2.75, 3.05) is 7.11 Å². The van der Waals surface area contributed by atoms with Crippen molar-refractivity contribution in [3.05, 3.63) is 29.8 Å². The Hall–Kier alpha value is -1.16. The fourth-order valence-corrected chi connectivity index (χ4v) is 3.41. The van der Waals surface area contributed by atoms with Crippen LogP contribution in [0.25, 0.3) is 0 Å². The van der Waals surface area contributed by atoms with Gasteiger partial charge in [0, 0.05) is 0 Å². The molecule has 0 aliphatic heterocycles. The van der Waals surface area contributed by atoms with Crippen LogP contribution in [-0.2, 0) is 4.57 Å². The summed E-state index contributed by atoms with van der Waals surface area (Å²) >= 11 is 0. The molecule has 6 heteroatoms. The first kappa shape index (κ1) is 15.9. The lowest BCUT2D eigenvalue weighted by atomic mass is 9.91. The molecular weight excluding hydrogens is 267 g/mol. The van der Waals surface area contributed by atoms with E-state index in [0.717, 1.165) is 0 Å². The minimum atomic E-state index is -4.56. The van der Waals surface area contributed by atoms with Crippen LogP contribution in [0.2, 0.25) is 0 Å². The van der Waals surface area contributed by atoms with Gasteiger partial charge in [0.2, 0.25) is 0 Å². The van der Waals surface area contributed by atoms with Gasteiger partial charge in [-0.2, -0.15) is 0 Å². The molecule has 1 aromatic rings. The van der Waals surface area contributed by atoms with Crippen molar-refractivity contribution < 1.29 is 23.9 Å². The number of carbonyl (C=O) groups is 1. The molecule has 0 saturated heterocycles. The van der Waals surface area contributed by atoms with Crippen LogP contribution in [-0.4, -0.2) is 27.8 Å². The number of hydrogen-bond donors (Lipinski definition) is 2. The van der Waals surface area contributed by atoms with Gasteiger partial charge in [-0.15, -0.1) is 0 Å². The zero-order valence-corrected chi connectivity index (χ0v) is 12.2. The number of carbonyl (C=O) groups excluding carboxylic acids is 1. The molecule has 1 aromatic carbocycles. The second-order valence-corrected chi connectivity index (χ2v) is 6.26. The largest absolute Gasteiger partial charge is 0.496 e. The van der Waals surface area contributed by atoms with Crippen LogP contribution < -0.4 is 4.74 Å². The summed E-state index contributed by atoms with van der Waals surface area (Å²) in [5, 5.41) is -1.68. The molecule has 19 heavy (non-hydrogen) atoms. The van der Waals surface area contributed by atoms with Gasteiger partial charge in [0.05, 0.1) is 12.7 Å². The highest BCUT2D eigenvalue weighted by Crippen LogP contribution is 2.56. The Morgan fingerprint density at radius 3 is 2.21 bits per heavy atom. The highest BCUT2D eigenvalue weighted by Gasteiger charge is 2.51. The van der Waals surface area contributed by atoms with E-state index in [-0.39, 0.29) is 18.4 Å². The SMILES string of the molecule is CCC(CC)(C(=O)c1ccccc1OC)P(=O)(O)O. The summed E-state index contributed by atoms with van der Waals surface area (Å²) in [6.07, 6.45) is 0.148. The maximum Gasteiger partial charge on any atom is 0.339 e. The number of para-hydroxylation sites is 1. The van der Waals surface area contributed by atoms with Gasteiger partial charge in [-0.1, -0.05) is 26.0 Å². The smallest absolute Gasteiger partial charge is 0.339 e. The van der Waals surface area contributed by atoms with Crippen molar-refractivity contribution in [3.8, 4) is 5.75 Å². The molecule has 0 aliphatic rings. The summed E-state index contributed by atoms with van der Waals surface area (Å²) in [5.74, 6) is -0.240. The Bertz CT molecular complexity index is 502. The van der Waals surface area contributed by atoms with E-state index in [1.165, 1.54) is 13.2 Å². The lowest BCUT2D eigenvalue weighted by Crippen LogP contribution is -2.37. The molecule has 0 fully saturated rings. The molecule has 1 rings (SSSR count). The van der Waals surface area contributed by atoms with Crippen molar-refractivity contribution in [2.45, 2.75) is 31.8 Å². The van der Waals surface area contributed by atoms with Gasteiger partial charge in [-0.05, 0) is 25.0 Å². The van der Waals surface area contributed by atoms with E-state index in [2.05, 4.69) is 0 Å². The Labute approximate surface area is 112 Å². The predicted molar refractivity (Wildman–Crippen MR) is 72.7 cm³/mol. The quantitative estimate of drug-likeness (QED) is 0.620. The van der Waals surface area contributed by atoms with Crippen LogP contribution in [0.5, 0.6) is 5.75 Å². The number of ketones is 1. The number of ether oxygens (including phenoxy) is 1. The van der Waals surface area contributed by atoms with Gasteiger partial charge in [-0.25, -0.2) is 0 Å². The van der Waals surface area contributed by atoms with Crippen LogP contribution in [0.3, 0.4) is 0 Å². The molecule has 2 N–H and O–H groups in total. The van der Waals surface area contributed by atoms with E-state index in [1.807, 2.05) is 0 Å². The number of methoxy groups -OCH3 is 1. The topological polar surface area (TPSA) is 83.8 Å². The lowest BCUT2D eigenvalue weighted by Gasteiger charge is -2.31. The third kappa shape index (κ3) is 2.73. The highest BCUT2D eigenvalue weighted by molar-refractivity contribution is 7.55. The summed E-state index contributed by atoms with van der Waals surface area (Å²) in [4.78, 5) is 31.7. The molecule has 0 bridgehead atoms. The van der Waals surface area contributed by atoms with Crippen molar-refractivity contribution in [3.63, 3.8) is 0 Å². The molecule has 0 heterocycles. The number of hydrogen-bond acceptors (Lipinski definition) is 3. The molecule has 0 aromatic heterocycles. The first-order valence-electron chi connectivity index (χ1n) is 6.07. The lowest BCUT2D eigenvalue weighted by molar-refractivity contribution is 0.0911. The van der Waals surface area contributed by atoms with Gasteiger partial charge in [-0.3, -0.25) is 9.36 Å². The Balaban J connectivity index is 3.41. The Kier molecular flexibility index (Phi) is 4.91. The first-order valence-corrected chi connectivity index (χ1v) is 7.68. The molecule has 0 radical (unpaired) electrons. The molecule has 0 aliphatic carbocycles. The monoisotopic (exact) mass is 286 g/mol. The third-order valence-corrected chi connectivity index (χ3v) is 5.45. The van der Waals surface area contributed by atoms with Gasteiger partial charge in [0.1, 0.15) is 10.9 Å². The number of rotatable bonds is 6. The van der Waals surface area contributed by atoms with E-state index < -0.39 is 18.5 Å². The third-order valence-electron chi connectivity index (χ3n) is 3.50. The first-order chi connectivity index (χ1) is 8.84. The molecule has 0 unspecified atom stereocenters. The predicted octanol–water partition coefficient (Wildman–Crippen LogP) is 2.61. The van der Waals surface area contributed by atoms with E-state index in [1.54, 1.807) is 32.0 Å². The molecule has 0 amide bonds. The van der Waals surface area contributed by atoms with Gasteiger partial charge in [0.15, 0.2) is 5.78 Å². The van der Waals surface area contributed by atoms with E-state index in [4.69, 9.17) is 4.74 Å². The van der Waals surface area contributed by atoms with Crippen molar-refractivity contribution in [1.29, 1.82) is 0 Å². The van der Waals surface area contributed by atoms with Crippen LogP contribution >= 0.6 is 7.60 Å². The maximum atomic E-state index is 12.6. The fraction of sp³-hybridized carbons (Fsp3) is 0.462. The number of Topliss-reactive ketones (excluding diaryl/α,β-unsaturated/α-hetero) is 1. The van der Waals surface area contributed by atoms with Crippen LogP contribution in [0.4, 0.5) is 0 Å². The molecule has 106 valence electrons. The van der Waals surface area contributed by atoms with Crippen LogP contribution in [0, 0.1) is 0 Å². The summed E-state index contributed by atoms with van der Waals surface area (Å²) in [5.41, 5.74) is 0.206. The standard InChI is InChI=1S/C13H19O5P/c1-4-13(5-2,19(15,16)17)12(14)10-8-6-7-9-11(10)18-3/h6-9H,4-5H2,1-3H3,(H2,15,16,17). The molecule has 0 saturated carbocycles. The normalized spacial score (nSPS) is 12.3. The summed E-state index contributed by atoms with van der Waals surface area (Å²) < 4.78 is 16.9. The second kappa shape index (κ2) is 5.87. The summed E-state index contributed by atoms with van der Waals surface area (Å²) in [6.45, 7) is 3.21. The zero-order valence-electron chi connectivity index (χ0n) is 11.3. The van der Waals surface area contributed by atoms with Gasteiger partial charge < -0.3 is 14.5 Å². The van der Waals surface area contributed by atoms with Crippen molar-refractivity contribution in [1.82, 2.24) is 0 Å². The summed E-state index contributed by atoms with van der Waals surface area (Å²) in [7, 11) is -3.14. The minimum Gasteiger partial charge on any atom is -0.496 e. The summed E-state index contributed by atoms with van der Waals surface area (Å²) in [6, 6.07) is 6.47. The number of benzene rings is 1. The van der Waals surface area contributed by atoms with Crippen molar-refractivity contribution >= 4 is 13.4 Å². The Morgan fingerprint density at radius 1 is 1.26 bits per heavy atom. The average molecular weight is 286 g/mol. The molecule has 0 atom stereocenters. The maximum absolute atomic E-state index is 12.6. The average Bonchev–Trinajstić information content (AvgIpc) is 2.38. The van der Waals surface area contributed by atoms with Crippen LogP contribution in [0.15, 0.2) is 24.3 Å². The second-order valence-electron chi connectivity index (χ2n) is 4.31. The Morgan fingerprint density at radius 2 is 1.79 bits per heavy atom. The molecule has 5 nitrogen and oxygen atoms in total. The molecule has 0 spiro atoms. The fourth-order valence-electron chi connectivity index (χ4n) is 2.20. The van der Waals surface area contributed by atoms with Crippen molar-refractivity contribution in [2.24, 2.45) is 0 Å². The van der Waals surface area contributed by atoms with Crippen LogP contribution in [0.1, 0.15) is 37.0 Å².